The third kappa shape index (κ3) is 1.22. The lowest BCUT2D eigenvalue weighted by atomic mass is 10.2. The van der Waals surface area contributed by atoms with Gasteiger partial charge in [-0.05, 0) is 0 Å². The Morgan fingerprint density at radius 3 is 1.45 bits per heavy atom. The summed E-state index contributed by atoms with van der Waals surface area (Å²) in [7, 11) is 0. The molecule has 4 heteroatoms. The molecular weight excluding hydrogens is 276 g/mol. The summed E-state index contributed by atoms with van der Waals surface area (Å²) in [6, 6.07) is 15.1. The summed E-state index contributed by atoms with van der Waals surface area (Å²) in [5.74, 6) is 0. The van der Waals surface area contributed by atoms with Crippen LogP contribution in [0.4, 0.5) is 0 Å². The number of rotatable bonds is 0. The molecule has 0 N–H and O–H groups in total. The van der Waals surface area contributed by atoms with Gasteiger partial charge < -0.3 is 0 Å². The molecule has 22 heavy (non-hydrogen) atoms. The van der Waals surface area contributed by atoms with Crippen LogP contribution in [-0.4, -0.2) is 8.80 Å². The standard InChI is InChI=1S/C18H10N2O2/c21-17-15-13-7-3-1-5-11(13)9-19(15)18(22)16-14-8-4-2-6-12(14)10-20(16)17/h1-10H. The van der Waals surface area contributed by atoms with E-state index in [0.717, 1.165) is 21.5 Å². The zero-order chi connectivity index (χ0) is 14.8. The molecule has 5 aromatic rings. The first kappa shape index (κ1) is 11.5. The van der Waals surface area contributed by atoms with Gasteiger partial charge in [-0.15, -0.1) is 0 Å². The lowest BCUT2D eigenvalue weighted by Crippen LogP contribution is -2.24. The van der Waals surface area contributed by atoms with E-state index < -0.39 is 0 Å². The van der Waals surface area contributed by atoms with Crippen molar-refractivity contribution >= 4 is 32.6 Å². The highest BCUT2D eigenvalue weighted by Crippen LogP contribution is 2.22. The minimum absolute atomic E-state index is 0.160. The molecule has 0 spiro atoms. The van der Waals surface area contributed by atoms with Crippen LogP contribution in [0.5, 0.6) is 0 Å². The van der Waals surface area contributed by atoms with Gasteiger partial charge >= 0.3 is 0 Å². The summed E-state index contributed by atoms with van der Waals surface area (Å²) >= 11 is 0. The fraction of sp³-hybridized carbons (Fsp3) is 0. The Kier molecular flexibility index (Phi) is 1.96. The maximum atomic E-state index is 12.9. The van der Waals surface area contributed by atoms with Gasteiger partial charge in [-0.2, -0.15) is 0 Å². The van der Waals surface area contributed by atoms with E-state index in [-0.39, 0.29) is 11.1 Å². The van der Waals surface area contributed by atoms with E-state index in [4.69, 9.17) is 0 Å². The largest absolute Gasteiger partial charge is 0.280 e. The average Bonchev–Trinajstić information content (AvgIpc) is 3.12. The van der Waals surface area contributed by atoms with Gasteiger partial charge in [0.05, 0.1) is 0 Å². The average molecular weight is 286 g/mol. The van der Waals surface area contributed by atoms with E-state index in [0.29, 0.717) is 11.0 Å². The maximum Gasteiger partial charge on any atom is 0.280 e. The second kappa shape index (κ2) is 3.74. The first-order valence-electron chi connectivity index (χ1n) is 7.05. The highest BCUT2D eigenvalue weighted by molar-refractivity contribution is 6.00. The number of hydrogen-bond donors (Lipinski definition) is 0. The van der Waals surface area contributed by atoms with Crippen molar-refractivity contribution in [3.05, 3.63) is 81.6 Å². The van der Waals surface area contributed by atoms with Crippen molar-refractivity contribution < 1.29 is 0 Å². The summed E-state index contributed by atoms with van der Waals surface area (Å²) in [6.07, 6.45) is 3.49. The van der Waals surface area contributed by atoms with Crippen LogP contribution in [0.3, 0.4) is 0 Å². The van der Waals surface area contributed by atoms with Crippen molar-refractivity contribution in [2.75, 3.05) is 0 Å². The lowest BCUT2D eigenvalue weighted by molar-refractivity contribution is 1.04. The number of hydrogen-bond acceptors (Lipinski definition) is 2. The van der Waals surface area contributed by atoms with E-state index in [1.165, 1.54) is 8.80 Å². The third-order valence-corrected chi connectivity index (χ3v) is 4.29. The molecule has 0 saturated carbocycles. The Labute approximate surface area is 123 Å². The molecule has 0 fully saturated rings. The minimum atomic E-state index is -0.160. The molecule has 0 aliphatic rings. The van der Waals surface area contributed by atoms with E-state index in [9.17, 15) is 9.59 Å². The van der Waals surface area contributed by atoms with Gasteiger partial charge in [-0.3, -0.25) is 18.4 Å². The van der Waals surface area contributed by atoms with Gasteiger partial charge in [0.2, 0.25) is 0 Å². The van der Waals surface area contributed by atoms with Crippen molar-refractivity contribution in [3.63, 3.8) is 0 Å². The highest BCUT2D eigenvalue weighted by atomic mass is 16.1. The number of nitrogens with zero attached hydrogens (tertiary/aromatic N) is 2. The van der Waals surface area contributed by atoms with Gasteiger partial charge in [0.15, 0.2) is 0 Å². The molecule has 0 unspecified atom stereocenters. The molecular formula is C18H10N2O2. The SMILES string of the molecule is O=c1c2c3ccccc3cn2c(=O)c2c3ccccc3cn12. The molecule has 4 nitrogen and oxygen atoms in total. The van der Waals surface area contributed by atoms with Crippen LogP contribution >= 0.6 is 0 Å². The first-order valence-corrected chi connectivity index (χ1v) is 7.05. The Morgan fingerprint density at radius 1 is 0.591 bits per heavy atom. The highest BCUT2D eigenvalue weighted by Gasteiger charge is 2.16. The number of aromatic nitrogens is 2. The van der Waals surface area contributed by atoms with E-state index in [2.05, 4.69) is 0 Å². The van der Waals surface area contributed by atoms with Crippen LogP contribution in [0.25, 0.3) is 32.6 Å². The summed E-state index contributed by atoms with van der Waals surface area (Å²) in [5.41, 5.74) is 0.556. The lowest BCUT2D eigenvalue weighted by Gasteiger charge is -1.97. The second-order valence-corrected chi connectivity index (χ2v) is 5.48. The Bertz CT molecular complexity index is 1210. The second-order valence-electron chi connectivity index (χ2n) is 5.48. The van der Waals surface area contributed by atoms with Crippen LogP contribution < -0.4 is 11.1 Å². The van der Waals surface area contributed by atoms with Crippen molar-refractivity contribution in [2.24, 2.45) is 0 Å². The van der Waals surface area contributed by atoms with Crippen LogP contribution in [0.2, 0.25) is 0 Å². The molecule has 0 amide bonds. The fourth-order valence-electron chi connectivity index (χ4n) is 3.30. The zero-order valence-electron chi connectivity index (χ0n) is 11.5. The minimum Gasteiger partial charge on any atom is -0.276 e. The number of benzene rings is 2. The molecule has 0 radical (unpaired) electrons. The van der Waals surface area contributed by atoms with Crippen LogP contribution in [0.1, 0.15) is 0 Å². The van der Waals surface area contributed by atoms with Gasteiger partial charge in [-0.1, -0.05) is 48.5 Å². The van der Waals surface area contributed by atoms with Crippen LogP contribution in [0, 0.1) is 0 Å². The van der Waals surface area contributed by atoms with E-state index >= 15 is 0 Å². The maximum absolute atomic E-state index is 12.9. The smallest absolute Gasteiger partial charge is 0.276 e. The first-order chi connectivity index (χ1) is 10.8. The van der Waals surface area contributed by atoms with Crippen LogP contribution in [-0.2, 0) is 0 Å². The predicted molar refractivity (Wildman–Crippen MR) is 87.1 cm³/mol. The summed E-state index contributed by atoms with van der Waals surface area (Å²) < 4.78 is 2.96. The molecule has 0 aliphatic heterocycles. The van der Waals surface area contributed by atoms with Crippen molar-refractivity contribution in [3.8, 4) is 0 Å². The normalized spacial score (nSPS) is 12.0. The van der Waals surface area contributed by atoms with Gasteiger partial charge in [0, 0.05) is 33.9 Å². The fourth-order valence-corrected chi connectivity index (χ4v) is 3.30. The zero-order valence-corrected chi connectivity index (χ0v) is 11.5. The third-order valence-electron chi connectivity index (χ3n) is 4.29. The van der Waals surface area contributed by atoms with Gasteiger partial charge in [0.1, 0.15) is 11.0 Å². The predicted octanol–water partition coefficient (Wildman–Crippen LogP) is 2.66. The molecule has 0 bridgehead atoms. The van der Waals surface area contributed by atoms with Crippen molar-refractivity contribution in [1.82, 2.24) is 8.80 Å². The topological polar surface area (TPSA) is 43.0 Å². The molecule has 3 aromatic heterocycles. The van der Waals surface area contributed by atoms with Gasteiger partial charge in [0.25, 0.3) is 11.1 Å². The Balaban J connectivity index is 2.21. The van der Waals surface area contributed by atoms with Crippen LogP contribution in [0.15, 0.2) is 70.5 Å². The summed E-state index contributed by atoms with van der Waals surface area (Å²) in [4.78, 5) is 25.8. The van der Waals surface area contributed by atoms with E-state index in [1.807, 2.05) is 48.5 Å². The molecule has 0 aliphatic carbocycles. The molecule has 3 heterocycles. The monoisotopic (exact) mass is 286 g/mol. The summed E-state index contributed by atoms with van der Waals surface area (Å²) in [5, 5.41) is 3.41. The summed E-state index contributed by atoms with van der Waals surface area (Å²) in [6.45, 7) is 0. The molecule has 0 atom stereocenters. The van der Waals surface area contributed by atoms with Gasteiger partial charge in [-0.25, -0.2) is 0 Å². The molecule has 0 saturated heterocycles. The van der Waals surface area contributed by atoms with Crippen molar-refractivity contribution in [2.45, 2.75) is 0 Å². The molecule has 2 aromatic carbocycles. The van der Waals surface area contributed by atoms with E-state index in [1.54, 1.807) is 12.4 Å². The Morgan fingerprint density at radius 2 is 1.00 bits per heavy atom. The Hall–Kier alpha value is -3.14. The number of fused-ring (bicyclic) bond motifs is 6. The quantitative estimate of drug-likeness (QED) is 0.439. The molecule has 104 valence electrons. The molecule has 5 rings (SSSR count). The van der Waals surface area contributed by atoms with Crippen molar-refractivity contribution in [1.29, 1.82) is 0 Å².